The van der Waals surface area contributed by atoms with Crippen molar-refractivity contribution in [2.45, 2.75) is 70.6 Å². The molecule has 1 aliphatic heterocycles. The second-order valence-electron chi connectivity index (χ2n) is 7.97. The average molecular weight is 393 g/mol. The second kappa shape index (κ2) is 8.52. The molecule has 2 aliphatic rings. The third-order valence-corrected chi connectivity index (χ3v) is 6.45. The van der Waals surface area contributed by atoms with E-state index in [0.717, 1.165) is 25.7 Å². The zero-order valence-electron chi connectivity index (χ0n) is 16.0. The zero-order valence-corrected chi connectivity index (χ0v) is 16.8. The van der Waals surface area contributed by atoms with E-state index in [9.17, 15) is 14.4 Å². The monoisotopic (exact) mass is 392 g/mol. The Morgan fingerprint density at radius 2 is 2.11 bits per heavy atom. The minimum atomic E-state index is -0.661. The number of carbonyl (C=O) groups is 3. The lowest BCUT2D eigenvalue weighted by atomic mass is 9.81. The van der Waals surface area contributed by atoms with E-state index < -0.39 is 12.1 Å². The molecule has 0 unspecified atom stereocenters. The van der Waals surface area contributed by atoms with Crippen molar-refractivity contribution in [2.75, 3.05) is 6.61 Å². The second-order valence-corrected chi connectivity index (χ2v) is 8.75. The van der Waals surface area contributed by atoms with Crippen LogP contribution >= 0.6 is 11.3 Å². The summed E-state index contributed by atoms with van der Waals surface area (Å²) in [6, 6.07) is 0.457. The number of ketones is 1. The number of hydrogen-bond acceptors (Lipinski definition) is 5. The molecule has 3 rings (SSSR count). The van der Waals surface area contributed by atoms with Crippen molar-refractivity contribution in [3.8, 4) is 0 Å². The van der Waals surface area contributed by atoms with Crippen LogP contribution in [-0.2, 0) is 14.3 Å². The molecular weight excluding hydrogens is 364 g/mol. The highest BCUT2D eigenvalue weighted by Crippen LogP contribution is 2.41. The molecule has 1 saturated carbocycles. The van der Waals surface area contributed by atoms with Crippen LogP contribution < -0.4 is 10.6 Å². The lowest BCUT2D eigenvalue weighted by Gasteiger charge is -2.30. The van der Waals surface area contributed by atoms with E-state index in [4.69, 9.17) is 4.74 Å². The van der Waals surface area contributed by atoms with E-state index in [1.165, 1.54) is 11.3 Å². The summed E-state index contributed by atoms with van der Waals surface area (Å²) in [6.07, 6.45) is 5.33. The summed E-state index contributed by atoms with van der Waals surface area (Å²) in [5.74, 6) is -0.654. The van der Waals surface area contributed by atoms with Crippen LogP contribution in [0.3, 0.4) is 0 Å². The molecule has 1 aromatic rings. The van der Waals surface area contributed by atoms with Crippen molar-refractivity contribution in [3.05, 3.63) is 22.4 Å². The molecular formula is C20H28N2O4S. The van der Waals surface area contributed by atoms with Crippen molar-refractivity contribution in [2.24, 2.45) is 5.41 Å². The molecule has 27 heavy (non-hydrogen) atoms. The first-order valence-electron chi connectivity index (χ1n) is 9.69. The molecule has 0 bridgehead atoms. The Morgan fingerprint density at radius 3 is 2.74 bits per heavy atom. The molecule has 1 saturated heterocycles. The number of hydrogen-bond donors (Lipinski definition) is 2. The van der Waals surface area contributed by atoms with Crippen LogP contribution in [0.5, 0.6) is 0 Å². The lowest BCUT2D eigenvalue weighted by molar-refractivity contribution is -0.128. The molecule has 2 N–H and O–H groups in total. The first kappa shape index (κ1) is 20.0. The molecule has 1 aliphatic carbocycles. The van der Waals surface area contributed by atoms with Gasteiger partial charge in [0.25, 0.3) is 5.91 Å². The quantitative estimate of drug-likeness (QED) is 0.747. The van der Waals surface area contributed by atoms with E-state index in [2.05, 4.69) is 17.6 Å². The van der Waals surface area contributed by atoms with Crippen LogP contribution in [0.15, 0.2) is 16.8 Å². The SMILES string of the molecule is CC[C@@H]1OCC(=O)[C@H]1NC(=O)[C@H](CC1(C)CCCC1)NC(=O)c1ccsc1. The fourth-order valence-electron chi connectivity index (χ4n) is 4.13. The average Bonchev–Trinajstić information content (AvgIpc) is 3.37. The van der Waals surface area contributed by atoms with Gasteiger partial charge in [-0.1, -0.05) is 26.7 Å². The van der Waals surface area contributed by atoms with Gasteiger partial charge in [0, 0.05) is 5.38 Å². The van der Waals surface area contributed by atoms with Gasteiger partial charge >= 0.3 is 0 Å². The summed E-state index contributed by atoms with van der Waals surface area (Å²) < 4.78 is 5.45. The number of carbonyl (C=O) groups excluding carboxylic acids is 3. The van der Waals surface area contributed by atoms with Gasteiger partial charge in [0.1, 0.15) is 18.7 Å². The van der Waals surface area contributed by atoms with Gasteiger partial charge in [0.15, 0.2) is 5.78 Å². The van der Waals surface area contributed by atoms with Crippen molar-refractivity contribution in [3.63, 3.8) is 0 Å². The van der Waals surface area contributed by atoms with Gasteiger partial charge in [-0.25, -0.2) is 0 Å². The lowest BCUT2D eigenvalue weighted by Crippen LogP contribution is -2.54. The summed E-state index contributed by atoms with van der Waals surface area (Å²) >= 11 is 1.44. The van der Waals surface area contributed by atoms with Crippen LogP contribution in [0.4, 0.5) is 0 Å². The maximum absolute atomic E-state index is 13.0. The van der Waals surface area contributed by atoms with Crippen LogP contribution in [0.2, 0.25) is 0 Å². The Morgan fingerprint density at radius 1 is 1.37 bits per heavy atom. The molecule has 0 radical (unpaired) electrons. The van der Waals surface area contributed by atoms with Gasteiger partial charge < -0.3 is 15.4 Å². The largest absolute Gasteiger partial charge is 0.368 e. The molecule has 0 spiro atoms. The van der Waals surface area contributed by atoms with Gasteiger partial charge in [-0.2, -0.15) is 11.3 Å². The molecule has 2 amide bonds. The highest BCUT2D eigenvalue weighted by Gasteiger charge is 2.39. The van der Waals surface area contributed by atoms with Gasteiger partial charge in [-0.3, -0.25) is 14.4 Å². The van der Waals surface area contributed by atoms with Crippen LogP contribution in [0.1, 0.15) is 62.7 Å². The summed E-state index contributed by atoms with van der Waals surface area (Å²) in [4.78, 5) is 37.6. The van der Waals surface area contributed by atoms with Crippen LogP contribution in [0.25, 0.3) is 0 Å². The molecule has 2 heterocycles. The summed E-state index contributed by atoms with van der Waals surface area (Å²) in [7, 11) is 0. The standard InChI is InChI=1S/C20H28N2O4S/c1-3-16-17(15(23)11-26-16)22-19(25)14(10-20(2)7-4-5-8-20)21-18(24)13-6-9-27-12-13/h6,9,12,14,16-17H,3-5,7-8,10-11H2,1-2H3,(H,21,24)(H,22,25)/t14-,16-,17+/m0/s1. The van der Waals surface area contributed by atoms with Crippen molar-refractivity contribution < 1.29 is 19.1 Å². The molecule has 1 aromatic heterocycles. The summed E-state index contributed by atoms with van der Waals surface area (Å²) in [5, 5.41) is 9.35. The normalized spacial score (nSPS) is 25.3. The minimum absolute atomic E-state index is 0.0320. The Labute approximate surface area is 164 Å². The highest BCUT2D eigenvalue weighted by molar-refractivity contribution is 7.08. The minimum Gasteiger partial charge on any atom is -0.368 e. The maximum Gasteiger partial charge on any atom is 0.252 e. The first-order chi connectivity index (χ1) is 12.9. The fraction of sp³-hybridized carbons (Fsp3) is 0.650. The predicted octanol–water partition coefficient (Wildman–Crippen LogP) is 2.68. The number of ether oxygens (including phenoxy) is 1. The van der Waals surface area contributed by atoms with Crippen LogP contribution in [-0.4, -0.2) is 42.4 Å². The fourth-order valence-corrected chi connectivity index (χ4v) is 4.77. The molecule has 6 nitrogen and oxygen atoms in total. The first-order valence-corrected chi connectivity index (χ1v) is 10.6. The third kappa shape index (κ3) is 4.76. The Balaban J connectivity index is 1.72. The van der Waals surface area contributed by atoms with E-state index in [-0.39, 0.29) is 35.7 Å². The Hall–Kier alpha value is -1.73. The van der Waals surface area contributed by atoms with E-state index in [0.29, 0.717) is 18.4 Å². The summed E-state index contributed by atoms with van der Waals surface area (Å²) in [5.41, 5.74) is 0.589. The third-order valence-electron chi connectivity index (χ3n) is 5.77. The molecule has 148 valence electrons. The topological polar surface area (TPSA) is 84.5 Å². The van der Waals surface area contributed by atoms with Crippen molar-refractivity contribution >= 4 is 28.9 Å². The predicted molar refractivity (Wildman–Crippen MR) is 104 cm³/mol. The number of Topliss-reactive ketones (excluding diaryl/α,β-unsaturated/α-hetero) is 1. The van der Waals surface area contributed by atoms with E-state index in [1.54, 1.807) is 11.4 Å². The smallest absolute Gasteiger partial charge is 0.252 e. The summed E-state index contributed by atoms with van der Waals surface area (Å²) in [6.45, 7) is 4.14. The zero-order chi connectivity index (χ0) is 19.4. The van der Waals surface area contributed by atoms with Crippen LogP contribution in [0, 0.1) is 5.41 Å². The van der Waals surface area contributed by atoms with Gasteiger partial charge in [0.2, 0.25) is 5.91 Å². The van der Waals surface area contributed by atoms with E-state index >= 15 is 0 Å². The number of rotatable bonds is 7. The van der Waals surface area contributed by atoms with Gasteiger partial charge in [-0.05, 0) is 42.5 Å². The van der Waals surface area contributed by atoms with E-state index in [1.807, 2.05) is 12.3 Å². The van der Waals surface area contributed by atoms with Gasteiger partial charge in [-0.15, -0.1) is 0 Å². The van der Waals surface area contributed by atoms with Crippen molar-refractivity contribution in [1.29, 1.82) is 0 Å². The number of nitrogens with one attached hydrogen (secondary N) is 2. The van der Waals surface area contributed by atoms with Gasteiger partial charge in [0.05, 0.1) is 11.7 Å². The molecule has 2 fully saturated rings. The number of amides is 2. The molecule has 7 heteroatoms. The van der Waals surface area contributed by atoms with Crippen molar-refractivity contribution in [1.82, 2.24) is 10.6 Å². The Kier molecular flexibility index (Phi) is 6.32. The highest BCUT2D eigenvalue weighted by atomic mass is 32.1. The number of thiophene rings is 1. The Bertz CT molecular complexity index is 682. The molecule has 3 atom stereocenters. The maximum atomic E-state index is 13.0. The molecule has 0 aromatic carbocycles.